The predicted octanol–water partition coefficient (Wildman–Crippen LogP) is 1.42. The van der Waals surface area contributed by atoms with E-state index in [2.05, 4.69) is 25.1 Å². The minimum Gasteiger partial charge on any atom is -0.341 e. The van der Waals surface area contributed by atoms with E-state index in [4.69, 9.17) is 0 Å². The van der Waals surface area contributed by atoms with Crippen molar-refractivity contribution in [3.05, 3.63) is 41.2 Å². The molecule has 2 aromatic heterocycles. The van der Waals surface area contributed by atoms with Gasteiger partial charge in [-0.1, -0.05) is 6.07 Å². The van der Waals surface area contributed by atoms with Crippen molar-refractivity contribution in [3.8, 4) is 0 Å². The zero-order valence-electron chi connectivity index (χ0n) is 11.6. The van der Waals surface area contributed by atoms with Crippen LogP contribution in [0.1, 0.15) is 47.2 Å². The molecule has 1 N–H and O–H groups in total. The molecule has 1 aliphatic rings. The van der Waals surface area contributed by atoms with Gasteiger partial charge in [-0.05, 0) is 32.4 Å². The van der Waals surface area contributed by atoms with Crippen LogP contribution in [-0.2, 0) is 13.0 Å². The Bertz CT molecular complexity index is 649. The smallest absolute Gasteiger partial charge is 0.270 e. The van der Waals surface area contributed by atoms with Crippen molar-refractivity contribution in [1.29, 1.82) is 0 Å². The van der Waals surface area contributed by atoms with Gasteiger partial charge in [-0.3, -0.25) is 4.79 Å². The number of carbonyl (C=O) groups is 1. The van der Waals surface area contributed by atoms with Gasteiger partial charge in [-0.25, -0.2) is 4.98 Å². The van der Waals surface area contributed by atoms with E-state index >= 15 is 0 Å². The average molecular weight is 271 g/mol. The maximum absolute atomic E-state index is 12.2. The first-order chi connectivity index (χ1) is 9.65. The SMILES string of the molecule is Cc1cccc(C(=O)NC(C)c2nnc3n2CCC3)n1. The molecule has 2 aromatic rings. The van der Waals surface area contributed by atoms with Crippen molar-refractivity contribution in [2.24, 2.45) is 0 Å². The van der Waals surface area contributed by atoms with Gasteiger partial charge in [0.1, 0.15) is 11.5 Å². The van der Waals surface area contributed by atoms with E-state index in [-0.39, 0.29) is 11.9 Å². The molecular weight excluding hydrogens is 254 g/mol. The molecule has 6 nitrogen and oxygen atoms in total. The largest absolute Gasteiger partial charge is 0.341 e. The standard InChI is InChI=1S/C14H17N5O/c1-9-5-3-6-11(15-9)14(20)16-10(2)13-18-17-12-7-4-8-19(12)13/h3,5-6,10H,4,7-8H2,1-2H3,(H,16,20). The van der Waals surface area contributed by atoms with Crippen LogP contribution < -0.4 is 5.32 Å². The van der Waals surface area contributed by atoms with Crippen LogP contribution in [0.3, 0.4) is 0 Å². The summed E-state index contributed by atoms with van der Waals surface area (Å²) in [7, 11) is 0. The predicted molar refractivity (Wildman–Crippen MR) is 73.2 cm³/mol. The van der Waals surface area contributed by atoms with Crippen molar-refractivity contribution < 1.29 is 4.79 Å². The van der Waals surface area contributed by atoms with Gasteiger partial charge in [0.15, 0.2) is 5.82 Å². The van der Waals surface area contributed by atoms with Gasteiger partial charge in [0, 0.05) is 18.7 Å². The third kappa shape index (κ3) is 2.29. The lowest BCUT2D eigenvalue weighted by Gasteiger charge is -2.13. The topological polar surface area (TPSA) is 72.7 Å². The Morgan fingerprint density at radius 2 is 2.25 bits per heavy atom. The molecule has 104 valence electrons. The quantitative estimate of drug-likeness (QED) is 0.916. The van der Waals surface area contributed by atoms with E-state index in [1.807, 2.05) is 26.0 Å². The van der Waals surface area contributed by atoms with Crippen molar-refractivity contribution in [3.63, 3.8) is 0 Å². The number of hydrogen-bond donors (Lipinski definition) is 1. The van der Waals surface area contributed by atoms with Gasteiger partial charge in [-0.2, -0.15) is 0 Å². The first-order valence-electron chi connectivity index (χ1n) is 6.81. The number of pyridine rings is 1. The lowest BCUT2D eigenvalue weighted by Crippen LogP contribution is -2.29. The van der Waals surface area contributed by atoms with Crippen LogP contribution >= 0.6 is 0 Å². The minimum atomic E-state index is -0.184. The van der Waals surface area contributed by atoms with E-state index in [0.29, 0.717) is 5.69 Å². The van der Waals surface area contributed by atoms with Crippen molar-refractivity contribution in [2.45, 2.75) is 39.3 Å². The van der Waals surface area contributed by atoms with Crippen molar-refractivity contribution in [2.75, 3.05) is 0 Å². The van der Waals surface area contributed by atoms with Gasteiger partial charge in [-0.15, -0.1) is 10.2 Å². The lowest BCUT2D eigenvalue weighted by atomic mass is 10.2. The lowest BCUT2D eigenvalue weighted by molar-refractivity contribution is 0.0932. The maximum atomic E-state index is 12.2. The number of hydrogen-bond acceptors (Lipinski definition) is 4. The second kappa shape index (κ2) is 5.03. The van der Waals surface area contributed by atoms with E-state index in [9.17, 15) is 4.79 Å². The Morgan fingerprint density at radius 3 is 3.05 bits per heavy atom. The molecule has 1 atom stereocenters. The van der Waals surface area contributed by atoms with E-state index in [1.54, 1.807) is 6.07 Å². The molecule has 0 spiro atoms. The van der Waals surface area contributed by atoms with Gasteiger partial charge < -0.3 is 9.88 Å². The molecule has 0 aliphatic carbocycles. The van der Waals surface area contributed by atoms with Crippen molar-refractivity contribution >= 4 is 5.91 Å². The number of aryl methyl sites for hydroxylation is 2. The molecule has 6 heteroatoms. The third-order valence-electron chi connectivity index (χ3n) is 3.49. The number of carbonyl (C=O) groups excluding carboxylic acids is 1. The Balaban J connectivity index is 1.75. The highest BCUT2D eigenvalue weighted by Crippen LogP contribution is 2.19. The summed E-state index contributed by atoms with van der Waals surface area (Å²) in [4.78, 5) is 16.4. The first kappa shape index (κ1) is 12.8. The normalized spacial score (nSPS) is 14.9. The number of amides is 1. The minimum absolute atomic E-state index is 0.177. The van der Waals surface area contributed by atoms with Crippen LogP contribution in [0.15, 0.2) is 18.2 Å². The summed E-state index contributed by atoms with van der Waals surface area (Å²) in [5.41, 5.74) is 1.26. The molecule has 1 aliphatic heterocycles. The highest BCUT2D eigenvalue weighted by molar-refractivity contribution is 5.92. The molecule has 0 saturated heterocycles. The van der Waals surface area contributed by atoms with Gasteiger partial charge in [0.05, 0.1) is 6.04 Å². The molecule has 20 heavy (non-hydrogen) atoms. The molecule has 0 fully saturated rings. The van der Waals surface area contributed by atoms with E-state index < -0.39 is 0 Å². The molecule has 3 heterocycles. The fraction of sp³-hybridized carbons (Fsp3) is 0.429. The first-order valence-corrected chi connectivity index (χ1v) is 6.81. The number of nitrogens with zero attached hydrogens (tertiary/aromatic N) is 4. The van der Waals surface area contributed by atoms with Crippen LogP contribution in [-0.4, -0.2) is 25.7 Å². The average Bonchev–Trinajstić information content (AvgIpc) is 3.00. The second-order valence-corrected chi connectivity index (χ2v) is 5.09. The fourth-order valence-electron chi connectivity index (χ4n) is 2.50. The number of nitrogens with one attached hydrogen (secondary N) is 1. The summed E-state index contributed by atoms with van der Waals surface area (Å²) < 4.78 is 2.09. The Morgan fingerprint density at radius 1 is 1.40 bits per heavy atom. The van der Waals surface area contributed by atoms with Gasteiger partial charge >= 0.3 is 0 Å². The Kier molecular flexibility index (Phi) is 3.22. The molecule has 0 aromatic carbocycles. The number of aromatic nitrogens is 4. The summed E-state index contributed by atoms with van der Waals surface area (Å²) in [6, 6.07) is 5.23. The zero-order chi connectivity index (χ0) is 14.1. The van der Waals surface area contributed by atoms with Crippen LogP contribution in [0, 0.1) is 6.92 Å². The molecule has 0 radical (unpaired) electrons. The van der Waals surface area contributed by atoms with Gasteiger partial charge in [0.25, 0.3) is 5.91 Å². The monoisotopic (exact) mass is 271 g/mol. The van der Waals surface area contributed by atoms with Crippen LogP contribution in [0.2, 0.25) is 0 Å². The van der Waals surface area contributed by atoms with E-state index in [0.717, 1.165) is 36.7 Å². The molecular formula is C14H17N5O. The summed E-state index contributed by atoms with van der Waals surface area (Å²) in [6.45, 7) is 4.72. The summed E-state index contributed by atoms with van der Waals surface area (Å²) >= 11 is 0. The van der Waals surface area contributed by atoms with Crippen molar-refractivity contribution in [1.82, 2.24) is 25.1 Å². The molecule has 1 unspecified atom stereocenters. The van der Waals surface area contributed by atoms with E-state index in [1.165, 1.54) is 0 Å². The van der Waals surface area contributed by atoms with Crippen LogP contribution in [0.5, 0.6) is 0 Å². The maximum Gasteiger partial charge on any atom is 0.270 e. The summed E-state index contributed by atoms with van der Waals surface area (Å²) in [6.07, 6.45) is 2.06. The number of rotatable bonds is 3. The molecule has 0 saturated carbocycles. The highest BCUT2D eigenvalue weighted by atomic mass is 16.1. The zero-order valence-corrected chi connectivity index (χ0v) is 11.6. The molecule has 3 rings (SSSR count). The number of fused-ring (bicyclic) bond motifs is 1. The Hall–Kier alpha value is -2.24. The fourth-order valence-corrected chi connectivity index (χ4v) is 2.50. The molecule has 1 amide bonds. The summed E-state index contributed by atoms with van der Waals surface area (Å²) in [5.74, 6) is 1.64. The van der Waals surface area contributed by atoms with Crippen LogP contribution in [0.4, 0.5) is 0 Å². The second-order valence-electron chi connectivity index (χ2n) is 5.09. The summed E-state index contributed by atoms with van der Waals surface area (Å²) in [5, 5.41) is 11.3. The molecule has 0 bridgehead atoms. The highest BCUT2D eigenvalue weighted by Gasteiger charge is 2.22. The Labute approximate surface area is 117 Å². The van der Waals surface area contributed by atoms with Gasteiger partial charge in [0.2, 0.25) is 0 Å². The third-order valence-corrected chi connectivity index (χ3v) is 3.49. The van der Waals surface area contributed by atoms with Crippen LogP contribution in [0.25, 0.3) is 0 Å².